The predicted octanol–water partition coefficient (Wildman–Crippen LogP) is 5.23. The van der Waals surface area contributed by atoms with Crippen molar-refractivity contribution in [3.8, 4) is 40.0 Å². The topological polar surface area (TPSA) is 110 Å². The van der Waals surface area contributed by atoms with E-state index in [-0.39, 0.29) is 6.10 Å². The van der Waals surface area contributed by atoms with E-state index in [1.807, 2.05) is 65.2 Å². The number of hydrogen-bond acceptors (Lipinski definition) is 6. The van der Waals surface area contributed by atoms with Crippen molar-refractivity contribution in [2.75, 3.05) is 0 Å². The Morgan fingerprint density at radius 2 is 1.77 bits per heavy atom. The summed E-state index contributed by atoms with van der Waals surface area (Å²) >= 11 is 0. The molecule has 0 atom stereocenters. The van der Waals surface area contributed by atoms with Gasteiger partial charge in [0.1, 0.15) is 18.1 Å². The van der Waals surface area contributed by atoms with Gasteiger partial charge in [0.2, 0.25) is 0 Å². The van der Waals surface area contributed by atoms with Gasteiger partial charge in [-0.15, -0.1) is 0 Å². The lowest BCUT2D eigenvalue weighted by atomic mass is 10.0. The van der Waals surface area contributed by atoms with Crippen molar-refractivity contribution < 1.29 is 9.26 Å². The lowest BCUT2D eigenvalue weighted by Gasteiger charge is -2.15. The Bertz CT molecular complexity index is 1620. The van der Waals surface area contributed by atoms with E-state index in [0.717, 1.165) is 46.3 Å². The third-order valence-corrected chi connectivity index (χ3v) is 6.43. The van der Waals surface area contributed by atoms with Crippen molar-refractivity contribution in [1.29, 1.82) is 5.26 Å². The second-order valence-corrected chi connectivity index (χ2v) is 8.64. The van der Waals surface area contributed by atoms with E-state index in [0.29, 0.717) is 17.1 Å². The number of aromatic amines is 1. The molecule has 172 valence electrons. The number of hydrogen-bond donors (Lipinski definition) is 1. The van der Waals surface area contributed by atoms with Crippen molar-refractivity contribution in [3.05, 3.63) is 83.1 Å². The first kappa shape index (κ1) is 20.9. The summed E-state index contributed by atoms with van der Waals surface area (Å²) < 4.78 is 12.7. The average Bonchev–Trinajstić information content (AvgIpc) is 3.65. The summed E-state index contributed by atoms with van der Waals surface area (Å²) in [6.45, 7) is 0. The van der Waals surface area contributed by atoms with Crippen LogP contribution in [0.5, 0.6) is 5.75 Å². The molecule has 0 radical (unpaired) electrons. The summed E-state index contributed by atoms with van der Waals surface area (Å²) in [6.07, 6.45) is 6.44. The number of imidazole rings is 1. The first-order chi connectivity index (χ1) is 17.2. The van der Waals surface area contributed by atoms with Crippen LogP contribution in [0.15, 0.2) is 76.3 Å². The average molecular weight is 463 g/mol. The molecule has 2 aromatic heterocycles. The quantitative estimate of drug-likeness (QED) is 0.382. The van der Waals surface area contributed by atoms with Gasteiger partial charge < -0.3 is 9.26 Å². The molecule has 3 aromatic carbocycles. The summed E-state index contributed by atoms with van der Waals surface area (Å²) in [6, 6.07) is 21.8. The number of rotatable bonds is 5. The predicted molar refractivity (Wildman–Crippen MR) is 130 cm³/mol. The third-order valence-electron chi connectivity index (χ3n) is 6.43. The number of fused-ring (bicyclic) bond motifs is 1. The van der Waals surface area contributed by atoms with Crippen LogP contribution in [-0.4, -0.2) is 25.8 Å². The Labute approximate surface area is 200 Å². The Kier molecular flexibility index (Phi) is 5.15. The van der Waals surface area contributed by atoms with E-state index < -0.39 is 5.76 Å². The zero-order valence-corrected chi connectivity index (χ0v) is 18.8. The fraction of sp³-hybridized carbons (Fsp3) is 0.185. The van der Waals surface area contributed by atoms with Gasteiger partial charge in [0.25, 0.3) is 0 Å². The Morgan fingerprint density at radius 1 is 1.00 bits per heavy atom. The zero-order valence-electron chi connectivity index (χ0n) is 18.8. The van der Waals surface area contributed by atoms with Crippen LogP contribution in [0.4, 0.5) is 0 Å². The number of benzene rings is 3. The van der Waals surface area contributed by atoms with Gasteiger partial charge in [0.15, 0.2) is 5.82 Å². The highest BCUT2D eigenvalue weighted by atomic mass is 16.5. The molecule has 8 heteroatoms. The smallest absolute Gasteiger partial charge is 0.460 e. The summed E-state index contributed by atoms with van der Waals surface area (Å²) in [4.78, 5) is 19.6. The molecule has 35 heavy (non-hydrogen) atoms. The number of nitriles is 1. The van der Waals surface area contributed by atoms with Crippen LogP contribution in [0.25, 0.3) is 39.2 Å². The summed E-state index contributed by atoms with van der Waals surface area (Å²) in [5.41, 5.74) is 5.87. The van der Waals surface area contributed by atoms with Gasteiger partial charge in [-0.25, -0.2) is 9.78 Å². The van der Waals surface area contributed by atoms with E-state index in [9.17, 15) is 10.1 Å². The highest BCUT2D eigenvalue weighted by Crippen LogP contribution is 2.31. The van der Waals surface area contributed by atoms with Crippen molar-refractivity contribution in [2.45, 2.75) is 31.8 Å². The van der Waals surface area contributed by atoms with E-state index >= 15 is 0 Å². The molecule has 0 spiro atoms. The number of ether oxygens (including phenoxy) is 1. The summed E-state index contributed by atoms with van der Waals surface area (Å²) in [7, 11) is 0. The number of H-pyrrole nitrogens is 1. The van der Waals surface area contributed by atoms with Crippen LogP contribution < -0.4 is 10.5 Å². The van der Waals surface area contributed by atoms with Crippen LogP contribution in [0.1, 0.15) is 31.2 Å². The van der Waals surface area contributed by atoms with Gasteiger partial charge in [-0.3, -0.25) is 4.57 Å². The number of nitrogens with one attached hydrogen (secondary N) is 1. The molecule has 0 saturated heterocycles. The second kappa shape index (κ2) is 8.61. The second-order valence-electron chi connectivity index (χ2n) is 8.64. The van der Waals surface area contributed by atoms with Crippen molar-refractivity contribution >= 4 is 11.0 Å². The molecule has 0 amide bonds. The standard InChI is InChI=1S/C27H21N5O3/c28-15-20-13-18(8-12-25(20)34-22-3-1-2-4-22)17-5-9-21(10-6-17)32-16-29-23-11-7-19(14-24(23)32)26-30-27(33)35-31-26/h5-14,16,22H,1-4H2,(H,30,31,33). The first-order valence-corrected chi connectivity index (χ1v) is 11.5. The number of aromatic nitrogens is 4. The third kappa shape index (κ3) is 3.97. The summed E-state index contributed by atoms with van der Waals surface area (Å²) in [5, 5.41) is 12.2. The maximum atomic E-state index is 11.3. The molecular weight excluding hydrogens is 442 g/mol. The molecule has 6 rings (SSSR count). The maximum Gasteiger partial charge on any atom is 0.460 e. The molecule has 1 saturated carbocycles. The van der Waals surface area contributed by atoms with Gasteiger partial charge in [0, 0.05) is 11.3 Å². The molecule has 0 unspecified atom stereocenters. The fourth-order valence-corrected chi connectivity index (χ4v) is 4.61. The van der Waals surface area contributed by atoms with Crippen LogP contribution in [0, 0.1) is 11.3 Å². The van der Waals surface area contributed by atoms with E-state index in [1.165, 1.54) is 12.8 Å². The van der Waals surface area contributed by atoms with Crippen LogP contribution in [-0.2, 0) is 0 Å². The van der Waals surface area contributed by atoms with Crippen molar-refractivity contribution in [1.82, 2.24) is 19.7 Å². The SMILES string of the molecule is N#Cc1cc(-c2ccc(-n3cnc4ccc(-c5nc(=O)o[nH]5)cc43)cc2)ccc1OC1CCCC1. The zero-order chi connectivity index (χ0) is 23.8. The molecule has 5 aromatic rings. The molecule has 1 aliphatic carbocycles. The molecular formula is C27H21N5O3. The highest BCUT2D eigenvalue weighted by molar-refractivity contribution is 5.82. The molecule has 0 bridgehead atoms. The summed E-state index contributed by atoms with van der Waals surface area (Å²) in [5.74, 6) is 0.365. The minimum atomic E-state index is -0.665. The van der Waals surface area contributed by atoms with Gasteiger partial charge in [0.05, 0.1) is 22.7 Å². The first-order valence-electron chi connectivity index (χ1n) is 11.5. The van der Waals surface area contributed by atoms with Crippen LogP contribution in [0.2, 0.25) is 0 Å². The minimum absolute atomic E-state index is 0.210. The maximum absolute atomic E-state index is 11.3. The Hall–Kier alpha value is -4.64. The number of nitrogens with zero attached hydrogens (tertiary/aromatic N) is 4. The van der Waals surface area contributed by atoms with Crippen molar-refractivity contribution in [2.24, 2.45) is 0 Å². The Morgan fingerprint density at radius 3 is 2.51 bits per heavy atom. The highest BCUT2D eigenvalue weighted by Gasteiger charge is 2.18. The van der Waals surface area contributed by atoms with Crippen LogP contribution in [0.3, 0.4) is 0 Å². The Balaban J connectivity index is 1.30. The monoisotopic (exact) mass is 463 g/mol. The molecule has 0 aliphatic heterocycles. The largest absolute Gasteiger partial charge is 0.489 e. The lowest BCUT2D eigenvalue weighted by Crippen LogP contribution is -2.11. The van der Waals surface area contributed by atoms with Gasteiger partial charge in [-0.1, -0.05) is 18.2 Å². The molecule has 2 heterocycles. The van der Waals surface area contributed by atoms with E-state index in [4.69, 9.17) is 9.26 Å². The fourth-order valence-electron chi connectivity index (χ4n) is 4.61. The van der Waals surface area contributed by atoms with E-state index in [2.05, 4.69) is 21.2 Å². The van der Waals surface area contributed by atoms with Gasteiger partial charge in [-0.2, -0.15) is 15.4 Å². The molecule has 8 nitrogen and oxygen atoms in total. The lowest BCUT2D eigenvalue weighted by molar-refractivity contribution is 0.209. The molecule has 1 aliphatic rings. The molecule has 1 fully saturated rings. The van der Waals surface area contributed by atoms with Gasteiger partial charge >= 0.3 is 5.76 Å². The minimum Gasteiger partial charge on any atom is -0.489 e. The van der Waals surface area contributed by atoms with Crippen molar-refractivity contribution in [3.63, 3.8) is 0 Å². The van der Waals surface area contributed by atoms with Crippen LogP contribution >= 0.6 is 0 Å². The van der Waals surface area contributed by atoms with Gasteiger partial charge in [-0.05, 0) is 79.3 Å². The van der Waals surface area contributed by atoms with E-state index in [1.54, 1.807) is 6.33 Å². The molecule has 1 N–H and O–H groups in total. The normalized spacial score (nSPS) is 13.8.